The molecular weight excluding hydrogens is 326 g/mol. The Bertz CT molecular complexity index is 535. The van der Waals surface area contributed by atoms with Crippen molar-refractivity contribution in [1.29, 1.82) is 0 Å². The summed E-state index contributed by atoms with van der Waals surface area (Å²) in [5, 5.41) is 0.784. The van der Waals surface area contributed by atoms with Crippen molar-refractivity contribution < 1.29 is 33.3 Å². The molecule has 2 aliphatic rings. The van der Waals surface area contributed by atoms with Crippen LogP contribution in [-0.2, 0) is 33.3 Å². The van der Waals surface area contributed by atoms with E-state index >= 15 is 0 Å². The smallest absolute Gasteiger partial charge is 0.303 e. The molecule has 0 bridgehead atoms. The molecule has 5 atom stereocenters. The van der Waals surface area contributed by atoms with E-state index in [4.69, 9.17) is 18.9 Å². The van der Waals surface area contributed by atoms with Crippen LogP contribution < -0.4 is 0 Å². The van der Waals surface area contributed by atoms with Crippen LogP contribution in [0.25, 0.3) is 0 Å². The highest BCUT2D eigenvalue weighted by atomic mass is 32.2. The number of hydrogen-bond acceptors (Lipinski definition) is 9. The second-order valence-electron chi connectivity index (χ2n) is 5.25. The van der Waals surface area contributed by atoms with Crippen molar-refractivity contribution in [1.82, 2.24) is 0 Å². The van der Waals surface area contributed by atoms with Gasteiger partial charge in [-0.15, -0.1) is 0 Å². The fourth-order valence-electron chi connectivity index (χ4n) is 2.53. The summed E-state index contributed by atoms with van der Waals surface area (Å²) in [5.41, 5.74) is -0.383. The minimum absolute atomic E-state index is 0.103. The standard InChI is InChI=1S/C14H19NO7S/c1-6-15-11-13(21-9(4)18)12(20-8(3)17)10(5-19-7(2)16)22-14(11)23-6/h10-14H,5H2,1-4H3. The number of aliphatic imine (C=N–C) groups is 1. The predicted molar refractivity (Wildman–Crippen MR) is 80.9 cm³/mol. The lowest BCUT2D eigenvalue weighted by Crippen LogP contribution is -2.59. The number of rotatable bonds is 4. The summed E-state index contributed by atoms with van der Waals surface area (Å²) >= 11 is 1.39. The number of thioether (sulfide) groups is 1. The van der Waals surface area contributed by atoms with Crippen LogP contribution in [0.5, 0.6) is 0 Å². The molecule has 9 heteroatoms. The van der Waals surface area contributed by atoms with E-state index in [1.54, 1.807) is 0 Å². The average molecular weight is 345 g/mol. The van der Waals surface area contributed by atoms with Crippen LogP contribution in [0.3, 0.4) is 0 Å². The molecule has 128 valence electrons. The van der Waals surface area contributed by atoms with E-state index in [2.05, 4.69) is 4.99 Å². The Hall–Kier alpha value is -1.61. The van der Waals surface area contributed by atoms with E-state index in [1.807, 2.05) is 6.92 Å². The highest BCUT2D eigenvalue weighted by Gasteiger charge is 2.52. The number of esters is 3. The molecule has 2 heterocycles. The van der Waals surface area contributed by atoms with Gasteiger partial charge in [-0.25, -0.2) is 0 Å². The van der Waals surface area contributed by atoms with Crippen LogP contribution in [0.15, 0.2) is 4.99 Å². The molecule has 0 saturated carbocycles. The maximum Gasteiger partial charge on any atom is 0.303 e. The molecule has 0 aromatic heterocycles. The van der Waals surface area contributed by atoms with Crippen LogP contribution in [0.2, 0.25) is 0 Å². The lowest BCUT2D eigenvalue weighted by atomic mass is 9.98. The molecule has 0 radical (unpaired) electrons. The molecule has 0 aromatic rings. The highest BCUT2D eigenvalue weighted by Crippen LogP contribution is 2.38. The maximum atomic E-state index is 11.4. The topological polar surface area (TPSA) is 100 Å². The lowest BCUT2D eigenvalue weighted by molar-refractivity contribution is -0.208. The van der Waals surface area contributed by atoms with Crippen LogP contribution in [0.1, 0.15) is 27.7 Å². The second kappa shape index (κ2) is 7.31. The van der Waals surface area contributed by atoms with Gasteiger partial charge in [0, 0.05) is 20.8 Å². The number of ether oxygens (including phenoxy) is 4. The van der Waals surface area contributed by atoms with E-state index in [1.165, 1.54) is 32.5 Å². The van der Waals surface area contributed by atoms with Crippen molar-refractivity contribution in [3.63, 3.8) is 0 Å². The summed E-state index contributed by atoms with van der Waals surface area (Å²) in [4.78, 5) is 38.3. The minimum atomic E-state index is -0.896. The number of carbonyl (C=O) groups is 3. The van der Waals surface area contributed by atoms with Crippen LogP contribution in [-0.4, -0.2) is 59.3 Å². The van der Waals surface area contributed by atoms with E-state index < -0.39 is 42.3 Å². The van der Waals surface area contributed by atoms with Gasteiger partial charge in [0.15, 0.2) is 12.2 Å². The summed E-state index contributed by atoms with van der Waals surface area (Å²) < 4.78 is 21.5. The molecule has 0 N–H and O–H groups in total. The zero-order valence-corrected chi connectivity index (χ0v) is 14.1. The number of fused-ring (bicyclic) bond motifs is 1. The molecule has 0 aliphatic carbocycles. The quantitative estimate of drug-likeness (QED) is 0.541. The van der Waals surface area contributed by atoms with E-state index in [9.17, 15) is 14.4 Å². The van der Waals surface area contributed by atoms with Gasteiger partial charge in [0.1, 0.15) is 24.2 Å². The van der Waals surface area contributed by atoms with Crippen molar-refractivity contribution >= 4 is 34.7 Å². The number of hydrogen-bond donors (Lipinski definition) is 0. The lowest BCUT2D eigenvalue weighted by Gasteiger charge is -2.41. The van der Waals surface area contributed by atoms with E-state index in [0.29, 0.717) is 0 Å². The normalized spacial score (nSPS) is 32.5. The van der Waals surface area contributed by atoms with E-state index in [0.717, 1.165) is 5.04 Å². The van der Waals surface area contributed by atoms with Gasteiger partial charge >= 0.3 is 17.9 Å². The molecule has 0 amide bonds. The molecule has 23 heavy (non-hydrogen) atoms. The van der Waals surface area contributed by atoms with Crippen molar-refractivity contribution in [3.05, 3.63) is 0 Å². The molecule has 0 aromatic carbocycles. The molecular formula is C14H19NO7S. The van der Waals surface area contributed by atoms with Crippen LogP contribution >= 0.6 is 11.8 Å². The van der Waals surface area contributed by atoms with Gasteiger partial charge in [0.2, 0.25) is 0 Å². The third kappa shape index (κ3) is 4.44. The third-order valence-corrected chi connectivity index (χ3v) is 4.36. The average Bonchev–Trinajstić information content (AvgIpc) is 2.78. The zero-order valence-electron chi connectivity index (χ0n) is 13.3. The molecule has 2 aliphatic heterocycles. The summed E-state index contributed by atoms with van der Waals surface area (Å²) in [7, 11) is 0. The molecule has 1 fully saturated rings. The Labute approximate surface area is 137 Å². The first-order valence-corrected chi connectivity index (χ1v) is 8.00. The molecule has 8 nitrogen and oxygen atoms in total. The Balaban J connectivity index is 2.26. The van der Waals surface area contributed by atoms with Gasteiger partial charge in [-0.1, -0.05) is 11.8 Å². The predicted octanol–water partition coefficient (Wildman–Crippen LogP) is 0.672. The second-order valence-corrected chi connectivity index (χ2v) is 6.54. The van der Waals surface area contributed by atoms with Gasteiger partial charge in [-0.05, 0) is 6.92 Å². The van der Waals surface area contributed by atoms with Gasteiger partial charge in [-0.3, -0.25) is 19.4 Å². The summed E-state index contributed by atoms with van der Waals surface area (Å²) in [6.45, 7) is 5.51. The van der Waals surface area contributed by atoms with E-state index in [-0.39, 0.29) is 12.0 Å². The van der Waals surface area contributed by atoms with Gasteiger partial charge in [-0.2, -0.15) is 0 Å². The van der Waals surface area contributed by atoms with Crippen molar-refractivity contribution in [2.24, 2.45) is 4.99 Å². The Morgan fingerprint density at radius 1 is 1.09 bits per heavy atom. The Morgan fingerprint density at radius 3 is 2.26 bits per heavy atom. The molecule has 5 unspecified atom stereocenters. The monoisotopic (exact) mass is 345 g/mol. The van der Waals surface area contributed by atoms with Crippen molar-refractivity contribution in [2.75, 3.05) is 6.61 Å². The Kier molecular flexibility index (Phi) is 5.64. The Morgan fingerprint density at radius 2 is 1.70 bits per heavy atom. The fraction of sp³-hybridized carbons (Fsp3) is 0.714. The first-order chi connectivity index (χ1) is 10.8. The van der Waals surface area contributed by atoms with Crippen LogP contribution in [0, 0.1) is 0 Å². The minimum Gasteiger partial charge on any atom is -0.463 e. The first-order valence-electron chi connectivity index (χ1n) is 7.12. The number of carbonyl (C=O) groups excluding carboxylic acids is 3. The summed E-state index contributed by atoms with van der Waals surface area (Å²) in [5.74, 6) is -1.54. The van der Waals surface area contributed by atoms with Gasteiger partial charge in [0.05, 0.1) is 5.04 Å². The highest BCUT2D eigenvalue weighted by molar-refractivity contribution is 8.14. The third-order valence-electron chi connectivity index (χ3n) is 3.29. The van der Waals surface area contributed by atoms with Gasteiger partial charge < -0.3 is 18.9 Å². The van der Waals surface area contributed by atoms with Gasteiger partial charge in [0.25, 0.3) is 0 Å². The molecule has 2 rings (SSSR count). The zero-order chi connectivity index (χ0) is 17.1. The maximum absolute atomic E-state index is 11.4. The van der Waals surface area contributed by atoms with Crippen LogP contribution in [0.4, 0.5) is 0 Å². The van der Waals surface area contributed by atoms with Crippen molar-refractivity contribution in [3.8, 4) is 0 Å². The summed E-state index contributed by atoms with van der Waals surface area (Å²) in [6, 6.07) is -0.471. The SMILES string of the molecule is CC(=O)OCC1OC2SC(C)=NC2C(OC(C)=O)C1OC(C)=O. The number of nitrogens with zero attached hydrogens (tertiary/aromatic N) is 1. The largest absolute Gasteiger partial charge is 0.463 e. The fourth-order valence-corrected chi connectivity index (χ4v) is 3.60. The molecule has 1 saturated heterocycles. The van der Waals surface area contributed by atoms with Crippen molar-refractivity contribution in [2.45, 2.75) is 57.5 Å². The summed E-state index contributed by atoms with van der Waals surface area (Å²) in [6.07, 6.45) is -2.42. The first kappa shape index (κ1) is 17.7. The molecule has 0 spiro atoms.